The predicted molar refractivity (Wildman–Crippen MR) is 91.6 cm³/mol. The van der Waals surface area contributed by atoms with E-state index in [9.17, 15) is 9.59 Å². The fraction of sp³-hybridized carbons (Fsp3) is 0.333. The van der Waals surface area contributed by atoms with Crippen LogP contribution in [-0.2, 0) is 4.79 Å². The lowest BCUT2D eigenvalue weighted by Crippen LogP contribution is -2.44. The Balaban J connectivity index is 1.88. The highest BCUT2D eigenvalue weighted by atomic mass is 16.5. The summed E-state index contributed by atoms with van der Waals surface area (Å²) in [6.07, 6.45) is 0. The van der Waals surface area contributed by atoms with Crippen molar-refractivity contribution in [3.05, 3.63) is 46.9 Å². The third-order valence-electron chi connectivity index (χ3n) is 3.61. The van der Waals surface area contributed by atoms with Crippen molar-refractivity contribution in [3.8, 4) is 11.5 Å². The molecule has 2 amide bonds. The van der Waals surface area contributed by atoms with E-state index in [0.29, 0.717) is 35.2 Å². The second-order valence-electron chi connectivity index (χ2n) is 5.39. The van der Waals surface area contributed by atoms with Crippen molar-refractivity contribution in [2.24, 2.45) is 0 Å². The first-order valence-electron chi connectivity index (χ1n) is 7.94. The smallest absolute Gasteiger partial charge is 0.276 e. The van der Waals surface area contributed by atoms with Gasteiger partial charge in [0.25, 0.3) is 11.8 Å². The van der Waals surface area contributed by atoms with Gasteiger partial charge in [-0.05, 0) is 39.8 Å². The van der Waals surface area contributed by atoms with Crippen LogP contribution in [0.5, 0.6) is 11.5 Å². The van der Waals surface area contributed by atoms with Crippen molar-refractivity contribution in [2.75, 3.05) is 13.2 Å². The summed E-state index contributed by atoms with van der Waals surface area (Å²) in [5.74, 6) is 1.27. The Morgan fingerprint density at radius 2 is 1.64 bits per heavy atom. The fourth-order valence-electron chi connectivity index (χ4n) is 2.34. The maximum atomic E-state index is 12.2. The van der Waals surface area contributed by atoms with Gasteiger partial charge in [-0.2, -0.15) is 0 Å². The predicted octanol–water partition coefficient (Wildman–Crippen LogP) is 2.44. The maximum Gasteiger partial charge on any atom is 0.276 e. The van der Waals surface area contributed by atoms with Crippen LogP contribution in [-0.4, -0.2) is 25.0 Å². The molecule has 0 aliphatic carbocycles. The SMILES string of the molecule is CCOc1ccccc1OCC(=O)NNC(=O)c1c(C)oc(C)c1C. The van der Waals surface area contributed by atoms with Gasteiger partial charge in [0.15, 0.2) is 18.1 Å². The molecule has 7 heteroatoms. The Bertz CT molecular complexity index is 767. The molecule has 0 aliphatic heterocycles. The molecule has 0 spiro atoms. The molecule has 0 bridgehead atoms. The second-order valence-corrected chi connectivity index (χ2v) is 5.39. The maximum absolute atomic E-state index is 12.2. The van der Waals surface area contributed by atoms with Crippen molar-refractivity contribution in [1.82, 2.24) is 10.9 Å². The lowest BCUT2D eigenvalue weighted by Gasteiger charge is -2.12. The molecule has 134 valence electrons. The van der Waals surface area contributed by atoms with Crippen LogP contribution in [0.2, 0.25) is 0 Å². The summed E-state index contributed by atoms with van der Waals surface area (Å²) in [5, 5.41) is 0. The Hall–Kier alpha value is -2.96. The normalized spacial score (nSPS) is 10.2. The molecule has 2 aromatic rings. The summed E-state index contributed by atoms with van der Waals surface area (Å²) < 4.78 is 16.3. The van der Waals surface area contributed by atoms with Gasteiger partial charge in [-0.15, -0.1) is 0 Å². The Morgan fingerprint density at radius 1 is 1.00 bits per heavy atom. The topological polar surface area (TPSA) is 89.8 Å². The molecular formula is C18H22N2O5. The average Bonchev–Trinajstić information content (AvgIpc) is 2.84. The fourth-order valence-corrected chi connectivity index (χ4v) is 2.34. The number of hydrazine groups is 1. The molecule has 0 unspecified atom stereocenters. The zero-order chi connectivity index (χ0) is 18.4. The molecule has 1 heterocycles. The number of furan rings is 1. The zero-order valence-corrected chi connectivity index (χ0v) is 14.8. The van der Waals surface area contributed by atoms with Crippen LogP contribution >= 0.6 is 0 Å². The standard InChI is InChI=1S/C18H22N2O5/c1-5-23-14-8-6-7-9-15(14)24-10-16(21)19-20-18(22)17-11(2)12(3)25-13(17)4/h6-9H,5,10H2,1-4H3,(H,19,21)(H,20,22). The number of carbonyl (C=O) groups is 2. The van der Waals surface area contributed by atoms with E-state index >= 15 is 0 Å². The molecule has 0 radical (unpaired) electrons. The van der Waals surface area contributed by atoms with E-state index in [4.69, 9.17) is 13.9 Å². The molecule has 0 saturated carbocycles. The van der Waals surface area contributed by atoms with Crippen molar-refractivity contribution >= 4 is 11.8 Å². The number of rotatable bonds is 6. The van der Waals surface area contributed by atoms with Gasteiger partial charge in [0.05, 0.1) is 12.2 Å². The average molecular weight is 346 g/mol. The highest BCUT2D eigenvalue weighted by Crippen LogP contribution is 2.26. The minimum absolute atomic E-state index is 0.257. The van der Waals surface area contributed by atoms with Crippen molar-refractivity contribution in [1.29, 1.82) is 0 Å². The molecule has 7 nitrogen and oxygen atoms in total. The van der Waals surface area contributed by atoms with E-state index in [-0.39, 0.29) is 6.61 Å². The van der Waals surface area contributed by atoms with E-state index < -0.39 is 11.8 Å². The number of ether oxygens (including phenoxy) is 2. The molecular weight excluding hydrogens is 324 g/mol. The number of amides is 2. The molecule has 0 aliphatic rings. The first-order valence-corrected chi connectivity index (χ1v) is 7.94. The molecule has 1 aromatic heterocycles. The molecule has 25 heavy (non-hydrogen) atoms. The van der Waals surface area contributed by atoms with E-state index in [1.54, 1.807) is 39.0 Å². The lowest BCUT2D eigenvalue weighted by atomic mass is 10.1. The number of hydrogen-bond donors (Lipinski definition) is 2. The molecule has 2 rings (SSSR count). The quantitative estimate of drug-likeness (QED) is 0.784. The highest BCUT2D eigenvalue weighted by Gasteiger charge is 2.19. The molecule has 1 aromatic carbocycles. The van der Waals surface area contributed by atoms with Gasteiger partial charge in [-0.1, -0.05) is 12.1 Å². The van der Waals surface area contributed by atoms with Crippen molar-refractivity contribution < 1.29 is 23.5 Å². The Labute approximate surface area is 146 Å². The summed E-state index contributed by atoms with van der Waals surface area (Å²) in [4.78, 5) is 24.1. The van der Waals surface area contributed by atoms with Crippen LogP contribution in [0.25, 0.3) is 0 Å². The Morgan fingerprint density at radius 3 is 2.20 bits per heavy atom. The largest absolute Gasteiger partial charge is 0.490 e. The molecule has 0 fully saturated rings. The van der Waals surface area contributed by atoms with Gasteiger partial charge in [0.1, 0.15) is 11.5 Å². The lowest BCUT2D eigenvalue weighted by molar-refractivity contribution is -0.123. The number of nitrogens with one attached hydrogen (secondary N) is 2. The van der Waals surface area contributed by atoms with E-state index in [0.717, 1.165) is 5.56 Å². The van der Waals surface area contributed by atoms with E-state index in [1.807, 2.05) is 13.0 Å². The van der Waals surface area contributed by atoms with E-state index in [1.165, 1.54) is 0 Å². The van der Waals surface area contributed by atoms with Crippen LogP contribution in [0.3, 0.4) is 0 Å². The molecule has 0 saturated heterocycles. The minimum Gasteiger partial charge on any atom is -0.490 e. The van der Waals surface area contributed by atoms with Gasteiger partial charge in [-0.3, -0.25) is 20.4 Å². The van der Waals surface area contributed by atoms with Crippen molar-refractivity contribution in [3.63, 3.8) is 0 Å². The monoisotopic (exact) mass is 346 g/mol. The molecule has 2 N–H and O–H groups in total. The minimum atomic E-state index is -0.491. The summed E-state index contributed by atoms with van der Waals surface area (Å²) >= 11 is 0. The first-order chi connectivity index (χ1) is 11.9. The number of benzene rings is 1. The van der Waals surface area contributed by atoms with Crippen LogP contribution in [0.1, 0.15) is 34.4 Å². The number of para-hydroxylation sites is 2. The summed E-state index contributed by atoms with van der Waals surface area (Å²) in [5.41, 5.74) is 5.84. The van der Waals surface area contributed by atoms with Crippen LogP contribution in [0.15, 0.2) is 28.7 Å². The number of aryl methyl sites for hydroxylation is 2. The van der Waals surface area contributed by atoms with Crippen molar-refractivity contribution in [2.45, 2.75) is 27.7 Å². The van der Waals surface area contributed by atoms with Gasteiger partial charge < -0.3 is 13.9 Å². The first kappa shape index (κ1) is 18.4. The third kappa shape index (κ3) is 4.53. The highest BCUT2D eigenvalue weighted by molar-refractivity contribution is 5.97. The van der Waals surface area contributed by atoms with E-state index in [2.05, 4.69) is 10.9 Å². The third-order valence-corrected chi connectivity index (χ3v) is 3.61. The van der Waals surface area contributed by atoms with Gasteiger partial charge in [0.2, 0.25) is 0 Å². The number of carbonyl (C=O) groups excluding carboxylic acids is 2. The van der Waals surface area contributed by atoms with Crippen LogP contribution < -0.4 is 20.3 Å². The summed E-state index contributed by atoms with van der Waals surface area (Å²) in [6, 6.07) is 7.06. The van der Waals surface area contributed by atoms with Gasteiger partial charge >= 0.3 is 0 Å². The van der Waals surface area contributed by atoms with Gasteiger partial charge in [0, 0.05) is 5.56 Å². The van der Waals surface area contributed by atoms with Crippen LogP contribution in [0, 0.1) is 20.8 Å². The Kier molecular flexibility index (Phi) is 6.05. The second kappa shape index (κ2) is 8.23. The van der Waals surface area contributed by atoms with Gasteiger partial charge in [-0.25, -0.2) is 0 Å². The number of hydrogen-bond acceptors (Lipinski definition) is 5. The molecule has 0 atom stereocenters. The summed E-state index contributed by atoms with van der Waals surface area (Å²) in [7, 11) is 0. The zero-order valence-electron chi connectivity index (χ0n) is 14.8. The van der Waals surface area contributed by atoms with Crippen LogP contribution in [0.4, 0.5) is 0 Å². The summed E-state index contributed by atoms with van der Waals surface area (Å²) in [6.45, 7) is 7.36.